The highest BCUT2D eigenvalue weighted by atomic mass is 19.4. The van der Waals surface area contributed by atoms with E-state index in [4.69, 9.17) is 9.47 Å². The SMILES string of the molecule is CCOC(=O)C[C@H](NC(=O)[C@@H]1CCCC[C@H]1C(=O)OCC(F)(F)F)c1ccc(OC)cc1. The standard InChI is InChI=1S/C22H28F3NO6/c1-3-31-19(27)12-18(14-8-10-15(30-2)11-9-14)26-20(28)16-6-4-5-7-17(16)21(29)32-13-22(23,24)25/h8-11,16-18H,3-7,12-13H2,1-2H3,(H,26,28)/t16-,17-,18+/m1/s1. The lowest BCUT2D eigenvalue weighted by Crippen LogP contribution is -2.42. The van der Waals surface area contributed by atoms with Crippen LogP contribution >= 0.6 is 0 Å². The summed E-state index contributed by atoms with van der Waals surface area (Å²) in [7, 11) is 1.51. The molecule has 1 aliphatic carbocycles. The highest BCUT2D eigenvalue weighted by Crippen LogP contribution is 2.33. The van der Waals surface area contributed by atoms with Crippen LogP contribution < -0.4 is 10.1 Å². The quantitative estimate of drug-likeness (QED) is 0.566. The highest BCUT2D eigenvalue weighted by molar-refractivity contribution is 5.86. The molecule has 1 fully saturated rings. The number of hydrogen-bond donors (Lipinski definition) is 1. The fourth-order valence-corrected chi connectivity index (χ4v) is 3.74. The Morgan fingerprint density at radius 3 is 2.25 bits per heavy atom. The third-order valence-electron chi connectivity index (χ3n) is 5.29. The summed E-state index contributed by atoms with van der Waals surface area (Å²) in [5.74, 6) is -3.27. The smallest absolute Gasteiger partial charge is 0.422 e. The fourth-order valence-electron chi connectivity index (χ4n) is 3.74. The lowest BCUT2D eigenvalue weighted by atomic mass is 9.78. The molecular formula is C22H28F3NO6. The Kier molecular flexibility index (Phi) is 9.34. The van der Waals surface area contributed by atoms with Crippen molar-refractivity contribution in [3.05, 3.63) is 29.8 Å². The zero-order valence-corrected chi connectivity index (χ0v) is 18.1. The molecule has 0 saturated heterocycles. The number of amides is 1. The Bertz CT molecular complexity index is 781. The van der Waals surface area contributed by atoms with E-state index in [1.165, 1.54) is 7.11 Å². The molecule has 178 valence electrons. The normalized spacial score (nSPS) is 19.5. The van der Waals surface area contributed by atoms with Gasteiger partial charge in [-0.3, -0.25) is 14.4 Å². The van der Waals surface area contributed by atoms with Crippen LogP contribution in [0.1, 0.15) is 50.6 Å². The second-order valence-electron chi connectivity index (χ2n) is 7.56. The Hall–Kier alpha value is -2.78. The zero-order chi connectivity index (χ0) is 23.7. The van der Waals surface area contributed by atoms with Crippen molar-refractivity contribution in [3.8, 4) is 5.75 Å². The first-order chi connectivity index (χ1) is 15.1. The van der Waals surface area contributed by atoms with Crippen molar-refractivity contribution in [2.45, 2.75) is 51.2 Å². The van der Waals surface area contributed by atoms with Gasteiger partial charge in [-0.05, 0) is 37.5 Å². The van der Waals surface area contributed by atoms with E-state index in [9.17, 15) is 27.6 Å². The minimum atomic E-state index is -4.64. The van der Waals surface area contributed by atoms with Crippen LogP contribution in [0.3, 0.4) is 0 Å². The summed E-state index contributed by atoms with van der Waals surface area (Å²) >= 11 is 0. The predicted octanol–water partition coefficient (Wildman–Crippen LogP) is 3.72. The number of methoxy groups -OCH3 is 1. The second kappa shape index (κ2) is 11.7. The molecule has 0 aliphatic heterocycles. The molecule has 7 nitrogen and oxygen atoms in total. The van der Waals surface area contributed by atoms with Gasteiger partial charge in [0.05, 0.1) is 38.0 Å². The minimum absolute atomic E-state index is 0.137. The van der Waals surface area contributed by atoms with E-state index in [-0.39, 0.29) is 19.4 Å². The van der Waals surface area contributed by atoms with Crippen molar-refractivity contribution in [1.29, 1.82) is 0 Å². The molecule has 1 aromatic carbocycles. The molecule has 1 amide bonds. The van der Waals surface area contributed by atoms with E-state index in [2.05, 4.69) is 10.1 Å². The molecule has 32 heavy (non-hydrogen) atoms. The van der Waals surface area contributed by atoms with Crippen LogP contribution in [-0.2, 0) is 23.9 Å². The summed E-state index contributed by atoms with van der Waals surface area (Å²) in [5, 5.41) is 2.78. The van der Waals surface area contributed by atoms with E-state index < -0.39 is 48.5 Å². The molecule has 1 saturated carbocycles. The first kappa shape index (κ1) is 25.5. The maximum Gasteiger partial charge on any atom is 0.422 e. The first-order valence-corrected chi connectivity index (χ1v) is 10.5. The largest absolute Gasteiger partial charge is 0.497 e. The van der Waals surface area contributed by atoms with Gasteiger partial charge in [-0.1, -0.05) is 25.0 Å². The van der Waals surface area contributed by atoms with Crippen molar-refractivity contribution in [2.75, 3.05) is 20.3 Å². The molecule has 1 aromatic rings. The number of esters is 2. The van der Waals surface area contributed by atoms with Gasteiger partial charge in [-0.2, -0.15) is 13.2 Å². The molecular weight excluding hydrogens is 431 g/mol. The number of hydrogen-bond acceptors (Lipinski definition) is 6. The zero-order valence-electron chi connectivity index (χ0n) is 18.1. The van der Waals surface area contributed by atoms with E-state index >= 15 is 0 Å². The van der Waals surface area contributed by atoms with E-state index in [1.54, 1.807) is 31.2 Å². The Labute approximate surface area is 184 Å². The molecule has 0 bridgehead atoms. The van der Waals surface area contributed by atoms with Gasteiger partial charge in [-0.15, -0.1) is 0 Å². The third kappa shape index (κ3) is 7.72. The van der Waals surface area contributed by atoms with Gasteiger partial charge in [0.2, 0.25) is 5.91 Å². The molecule has 1 aliphatic rings. The summed E-state index contributed by atoms with van der Waals surface area (Å²) in [6.07, 6.45) is -2.90. The Morgan fingerprint density at radius 2 is 1.69 bits per heavy atom. The van der Waals surface area contributed by atoms with E-state index in [0.717, 1.165) is 0 Å². The first-order valence-electron chi connectivity index (χ1n) is 10.5. The number of rotatable bonds is 9. The maximum absolute atomic E-state index is 13.0. The van der Waals surface area contributed by atoms with E-state index in [0.29, 0.717) is 30.6 Å². The average Bonchev–Trinajstić information content (AvgIpc) is 2.76. The number of halogens is 3. The maximum atomic E-state index is 13.0. The van der Waals surface area contributed by atoms with Gasteiger partial charge in [0, 0.05) is 0 Å². The van der Waals surface area contributed by atoms with Crippen LogP contribution in [0.4, 0.5) is 13.2 Å². The van der Waals surface area contributed by atoms with Crippen molar-refractivity contribution in [3.63, 3.8) is 0 Å². The van der Waals surface area contributed by atoms with Gasteiger partial charge in [-0.25, -0.2) is 0 Å². The number of carbonyl (C=O) groups is 3. The van der Waals surface area contributed by atoms with E-state index in [1.807, 2.05) is 0 Å². The average molecular weight is 459 g/mol. The van der Waals surface area contributed by atoms with Gasteiger partial charge >= 0.3 is 18.1 Å². The molecule has 0 unspecified atom stereocenters. The van der Waals surface area contributed by atoms with Crippen LogP contribution in [0.5, 0.6) is 5.75 Å². The van der Waals surface area contributed by atoms with Gasteiger partial charge in [0.1, 0.15) is 5.75 Å². The lowest BCUT2D eigenvalue weighted by molar-refractivity contribution is -0.191. The Morgan fingerprint density at radius 1 is 1.06 bits per heavy atom. The molecule has 0 aromatic heterocycles. The topological polar surface area (TPSA) is 90.9 Å². The van der Waals surface area contributed by atoms with Gasteiger partial charge in [0.15, 0.2) is 6.61 Å². The highest BCUT2D eigenvalue weighted by Gasteiger charge is 2.39. The molecule has 2 rings (SSSR count). The van der Waals surface area contributed by atoms with Crippen LogP contribution in [-0.4, -0.2) is 44.3 Å². The van der Waals surface area contributed by atoms with Gasteiger partial charge in [0.25, 0.3) is 0 Å². The summed E-state index contributed by atoms with van der Waals surface area (Å²) < 4.78 is 51.8. The van der Waals surface area contributed by atoms with Crippen molar-refractivity contribution in [1.82, 2.24) is 5.32 Å². The van der Waals surface area contributed by atoms with Gasteiger partial charge < -0.3 is 19.5 Å². The third-order valence-corrected chi connectivity index (χ3v) is 5.29. The fraction of sp³-hybridized carbons (Fsp3) is 0.591. The van der Waals surface area contributed by atoms with Crippen molar-refractivity contribution < 1.29 is 41.8 Å². The van der Waals surface area contributed by atoms with Crippen molar-refractivity contribution >= 4 is 17.8 Å². The molecule has 0 spiro atoms. The number of carbonyl (C=O) groups excluding carboxylic acids is 3. The monoisotopic (exact) mass is 459 g/mol. The summed E-state index contributed by atoms with van der Waals surface area (Å²) in [6, 6.07) is 6.01. The molecule has 0 heterocycles. The summed E-state index contributed by atoms with van der Waals surface area (Å²) in [4.78, 5) is 37.4. The second-order valence-corrected chi connectivity index (χ2v) is 7.56. The van der Waals surface area contributed by atoms with Crippen LogP contribution in [0.15, 0.2) is 24.3 Å². The Balaban J connectivity index is 2.15. The van der Waals surface area contributed by atoms with Crippen LogP contribution in [0.25, 0.3) is 0 Å². The molecule has 0 radical (unpaired) electrons. The van der Waals surface area contributed by atoms with Crippen LogP contribution in [0.2, 0.25) is 0 Å². The predicted molar refractivity (Wildman–Crippen MR) is 108 cm³/mol. The number of benzene rings is 1. The van der Waals surface area contributed by atoms with Crippen LogP contribution in [0, 0.1) is 11.8 Å². The van der Waals surface area contributed by atoms with Crippen molar-refractivity contribution in [2.24, 2.45) is 11.8 Å². The number of nitrogens with one attached hydrogen (secondary N) is 1. The number of ether oxygens (including phenoxy) is 3. The summed E-state index contributed by atoms with van der Waals surface area (Å²) in [5.41, 5.74) is 0.624. The summed E-state index contributed by atoms with van der Waals surface area (Å²) in [6.45, 7) is 0.157. The molecule has 1 N–H and O–H groups in total. The lowest BCUT2D eigenvalue weighted by Gasteiger charge is -2.30. The number of alkyl halides is 3. The molecule has 3 atom stereocenters. The molecule has 10 heteroatoms. The minimum Gasteiger partial charge on any atom is -0.497 e.